The van der Waals surface area contributed by atoms with Crippen LogP contribution in [0.4, 0.5) is 0 Å². The van der Waals surface area contributed by atoms with Gasteiger partial charge in [-0.15, -0.1) is 0 Å². The van der Waals surface area contributed by atoms with E-state index in [9.17, 15) is 4.79 Å². The first-order chi connectivity index (χ1) is 18.3. The maximum Gasteiger partial charge on any atom is 0.271 e. The molecule has 3 aromatic rings. The fourth-order valence-corrected chi connectivity index (χ4v) is 4.59. The van der Waals surface area contributed by atoms with Crippen molar-refractivity contribution in [1.29, 1.82) is 0 Å². The van der Waals surface area contributed by atoms with Crippen molar-refractivity contribution in [2.24, 2.45) is 5.10 Å². The Bertz CT molecular complexity index is 1280. The van der Waals surface area contributed by atoms with Crippen molar-refractivity contribution in [1.82, 2.24) is 10.3 Å². The van der Waals surface area contributed by atoms with E-state index in [1.807, 2.05) is 48.5 Å². The summed E-state index contributed by atoms with van der Waals surface area (Å²) in [5.74, 6) is 0.580. The average Bonchev–Trinajstić information content (AvgIpc) is 3.35. The Kier molecular flexibility index (Phi) is 8.08. The minimum Gasteiger partial charge on any atom is -0.489 e. The molecule has 6 heteroatoms. The second-order valence-corrected chi connectivity index (χ2v) is 9.05. The van der Waals surface area contributed by atoms with E-state index >= 15 is 0 Å². The number of para-hydroxylation sites is 1. The molecule has 1 fully saturated rings. The van der Waals surface area contributed by atoms with Crippen molar-refractivity contribution >= 4 is 18.2 Å². The second kappa shape index (κ2) is 12.2. The van der Waals surface area contributed by atoms with Gasteiger partial charge in [-0.1, -0.05) is 60.7 Å². The Balaban J connectivity index is 1.24. The van der Waals surface area contributed by atoms with Crippen molar-refractivity contribution in [2.75, 3.05) is 26.3 Å². The topological polar surface area (TPSA) is 63.2 Å². The van der Waals surface area contributed by atoms with E-state index in [1.165, 1.54) is 16.8 Å². The van der Waals surface area contributed by atoms with Gasteiger partial charge in [-0.25, -0.2) is 5.43 Å². The lowest BCUT2D eigenvalue weighted by molar-refractivity contribution is 0.0548. The quantitative estimate of drug-likeness (QED) is 0.335. The Morgan fingerprint density at radius 3 is 2.35 bits per heavy atom. The molecule has 0 bridgehead atoms. The van der Waals surface area contributed by atoms with Crippen LogP contribution in [0, 0.1) is 0 Å². The van der Waals surface area contributed by atoms with Gasteiger partial charge in [0.25, 0.3) is 5.91 Å². The molecule has 1 aliphatic carbocycles. The highest BCUT2D eigenvalue weighted by molar-refractivity contribution is 5.95. The number of allylic oxidation sites excluding steroid dienone is 2. The van der Waals surface area contributed by atoms with Gasteiger partial charge in [-0.05, 0) is 65.5 Å². The molecule has 6 nitrogen and oxygen atoms in total. The lowest BCUT2D eigenvalue weighted by Crippen LogP contribution is -2.36. The zero-order chi connectivity index (χ0) is 25.3. The monoisotopic (exact) mass is 493 g/mol. The molecule has 5 rings (SSSR count). The summed E-state index contributed by atoms with van der Waals surface area (Å²) >= 11 is 0. The van der Waals surface area contributed by atoms with Gasteiger partial charge >= 0.3 is 0 Å². The fraction of sp³-hybridized carbons (Fsp3) is 0.226. The van der Waals surface area contributed by atoms with Crippen LogP contribution in [0.25, 0.3) is 6.08 Å². The molecule has 1 amide bonds. The van der Waals surface area contributed by atoms with E-state index in [2.05, 4.69) is 45.8 Å². The smallest absolute Gasteiger partial charge is 0.271 e. The van der Waals surface area contributed by atoms with Crippen LogP contribution in [-0.2, 0) is 11.3 Å². The Morgan fingerprint density at radius 1 is 0.919 bits per heavy atom. The standard InChI is InChI=1S/C31H31N3O3/c35-31(26-13-11-25(12-14-26)23-37-29-9-5-2-6-10-29)33-32-22-28-16-15-27(21-24-7-3-1-4-8-24)30(28)34-17-19-36-20-18-34/h1-14,21-22H,15-20,23H2,(H,33,35). The van der Waals surface area contributed by atoms with Gasteiger partial charge in [-0.3, -0.25) is 4.79 Å². The van der Waals surface area contributed by atoms with Crippen LogP contribution in [0.2, 0.25) is 0 Å². The molecule has 2 aliphatic rings. The highest BCUT2D eigenvalue weighted by Crippen LogP contribution is 2.35. The predicted molar refractivity (Wildman–Crippen MR) is 146 cm³/mol. The molecule has 1 N–H and O–H groups in total. The molecule has 0 spiro atoms. The van der Waals surface area contributed by atoms with Gasteiger partial charge in [0.2, 0.25) is 0 Å². The van der Waals surface area contributed by atoms with Crippen LogP contribution in [0.15, 0.2) is 107 Å². The third kappa shape index (κ3) is 6.54. The summed E-state index contributed by atoms with van der Waals surface area (Å²) in [6.07, 6.45) is 5.90. The van der Waals surface area contributed by atoms with Crippen molar-refractivity contribution in [2.45, 2.75) is 19.4 Å². The number of amides is 1. The predicted octanol–water partition coefficient (Wildman–Crippen LogP) is 5.44. The zero-order valence-corrected chi connectivity index (χ0v) is 20.8. The molecule has 188 valence electrons. The van der Waals surface area contributed by atoms with Crippen molar-refractivity contribution < 1.29 is 14.3 Å². The average molecular weight is 494 g/mol. The Morgan fingerprint density at radius 2 is 1.62 bits per heavy atom. The summed E-state index contributed by atoms with van der Waals surface area (Å²) in [6, 6.07) is 27.4. The van der Waals surface area contributed by atoms with Gasteiger partial charge in [-0.2, -0.15) is 5.10 Å². The van der Waals surface area contributed by atoms with Crippen LogP contribution in [0.5, 0.6) is 5.75 Å². The lowest BCUT2D eigenvalue weighted by Gasteiger charge is -2.31. The Labute approximate surface area is 217 Å². The van der Waals surface area contributed by atoms with E-state index in [0.717, 1.165) is 56.0 Å². The van der Waals surface area contributed by atoms with E-state index in [0.29, 0.717) is 12.2 Å². The molecule has 0 unspecified atom stereocenters. The summed E-state index contributed by atoms with van der Waals surface area (Å²) in [6.45, 7) is 3.59. The SMILES string of the molecule is O=C(NN=CC1=C(N2CCOCC2)C(=Cc2ccccc2)CC1)c1ccc(COc2ccccc2)cc1. The number of nitrogens with zero attached hydrogens (tertiary/aromatic N) is 2. The first-order valence-corrected chi connectivity index (χ1v) is 12.7. The molecule has 0 saturated carbocycles. The first-order valence-electron chi connectivity index (χ1n) is 12.7. The number of carbonyl (C=O) groups excluding carboxylic acids is 1. The third-order valence-corrected chi connectivity index (χ3v) is 6.49. The van der Waals surface area contributed by atoms with Crippen LogP contribution in [0.3, 0.4) is 0 Å². The van der Waals surface area contributed by atoms with Gasteiger partial charge in [0.15, 0.2) is 0 Å². The van der Waals surface area contributed by atoms with E-state index < -0.39 is 0 Å². The number of hydrogen-bond acceptors (Lipinski definition) is 5. The molecular weight excluding hydrogens is 462 g/mol. The molecule has 1 aliphatic heterocycles. The van der Waals surface area contributed by atoms with Gasteiger partial charge < -0.3 is 14.4 Å². The van der Waals surface area contributed by atoms with Gasteiger partial charge in [0, 0.05) is 24.4 Å². The van der Waals surface area contributed by atoms with Crippen LogP contribution in [-0.4, -0.2) is 43.3 Å². The van der Waals surface area contributed by atoms with Crippen molar-refractivity contribution in [3.8, 4) is 5.75 Å². The lowest BCUT2D eigenvalue weighted by atomic mass is 10.1. The maximum atomic E-state index is 12.7. The van der Waals surface area contributed by atoms with Crippen molar-refractivity contribution in [3.05, 3.63) is 118 Å². The summed E-state index contributed by atoms with van der Waals surface area (Å²) in [5, 5.41) is 4.32. The highest BCUT2D eigenvalue weighted by Gasteiger charge is 2.25. The fourth-order valence-electron chi connectivity index (χ4n) is 4.59. The summed E-state index contributed by atoms with van der Waals surface area (Å²) in [7, 11) is 0. The molecule has 1 heterocycles. The van der Waals surface area contributed by atoms with Gasteiger partial charge in [0.05, 0.1) is 19.4 Å². The molecule has 0 atom stereocenters. The number of hydrogen-bond donors (Lipinski definition) is 1. The molecule has 0 radical (unpaired) electrons. The Hall–Kier alpha value is -4.16. The number of benzene rings is 3. The number of carbonyl (C=O) groups is 1. The number of hydrazone groups is 1. The summed E-state index contributed by atoms with van der Waals surface area (Å²) < 4.78 is 11.3. The maximum absolute atomic E-state index is 12.7. The third-order valence-electron chi connectivity index (χ3n) is 6.49. The molecule has 0 aromatic heterocycles. The second-order valence-electron chi connectivity index (χ2n) is 9.05. The van der Waals surface area contributed by atoms with Crippen LogP contribution in [0.1, 0.15) is 34.3 Å². The summed E-state index contributed by atoms with van der Waals surface area (Å²) in [5.41, 5.74) is 9.08. The minimum atomic E-state index is -0.238. The molecule has 37 heavy (non-hydrogen) atoms. The van der Waals surface area contributed by atoms with Crippen LogP contribution >= 0.6 is 0 Å². The molecule has 1 saturated heterocycles. The number of ether oxygens (including phenoxy) is 2. The normalized spacial score (nSPS) is 17.0. The zero-order valence-electron chi connectivity index (χ0n) is 20.8. The molecular formula is C31H31N3O3. The van der Waals surface area contributed by atoms with Gasteiger partial charge in [0.1, 0.15) is 12.4 Å². The van der Waals surface area contributed by atoms with Crippen molar-refractivity contribution in [3.63, 3.8) is 0 Å². The summed E-state index contributed by atoms with van der Waals surface area (Å²) in [4.78, 5) is 15.1. The van der Waals surface area contributed by atoms with E-state index in [1.54, 1.807) is 18.3 Å². The van der Waals surface area contributed by atoms with Crippen LogP contribution < -0.4 is 10.2 Å². The number of morpholine rings is 1. The highest BCUT2D eigenvalue weighted by atomic mass is 16.5. The van der Waals surface area contributed by atoms with E-state index in [4.69, 9.17) is 9.47 Å². The minimum absolute atomic E-state index is 0.238. The molecule has 3 aromatic carbocycles. The number of nitrogens with one attached hydrogen (secondary N) is 1. The van der Waals surface area contributed by atoms with E-state index in [-0.39, 0.29) is 5.91 Å². The first kappa shape index (κ1) is 24.5. The largest absolute Gasteiger partial charge is 0.489 e. The number of rotatable bonds is 8.